The van der Waals surface area contributed by atoms with E-state index in [1.54, 1.807) is 11.3 Å². The van der Waals surface area contributed by atoms with Crippen LogP contribution in [0.1, 0.15) is 65.3 Å². The molecule has 1 aromatic rings. The monoisotopic (exact) mass is 307 g/mol. The molecule has 2 aliphatic rings. The summed E-state index contributed by atoms with van der Waals surface area (Å²) in [6.07, 6.45) is 6.09. The van der Waals surface area contributed by atoms with Crippen molar-refractivity contribution in [2.24, 2.45) is 5.92 Å². The van der Waals surface area contributed by atoms with E-state index < -0.39 is 0 Å². The summed E-state index contributed by atoms with van der Waals surface area (Å²) >= 11 is 1.62. The number of nitrogens with one attached hydrogen (secondary N) is 2. The Kier molecular flexibility index (Phi) is 4.60. The number of hydrogen-bond acceptors (Lipinski definition) is 4. The third-order valence-electron chi connectivity index (χ3n) is 4.83. The smallest absolute Gasteiger partial charge is 0.263 e. The zero-order valence-corrected chi connectivity index (χ0v) is 13.8. The van der Waals surface area contributed by atoms with Gasteiger partial charge in [-0.05, 0) is 45.2 Å². The van der Waals surface area contributed by atoms with Crippen LogP contribution in [0.3, 0.4) is 0 Å². The minimum atomic E-state index is 0.0768. The molecule has 3 rings (SSSR count). The highest BCUT2D eigenvalue weighted by molar-refractivity contribution is 7.13. The van der Waals surface area contributed by atoms with Gasteiger partial charge in [-0.1, -0.05) is 19.8 Å². The topological polar surface area (TPSA) is 54.0 Å². The molecule has 116 valence electrons. The van der Waals surface area contributed by atoms with E-state index in [1.165, 1.54) is 30.7 Å². The number of rotatable bonds is 3. The molecule has 1 amide bonds. The molecule has 1 saturated carbocycles. The maximum atomic E-state index is 12.5. The minimum absolute atomic E-state index is 0.0768. The molecule has 1 aromatic heterocycles. The molecule has 21 heavy (non-hydrogen) atoms. The van der Waals surface area contributed by atoms with Crippen LogP contribution >= 0.6 is 11.3 Å². The molecule has 1 aliphatic heterocycles. The first kappa shape index (κ1) is 15.0. The molecule has 0 aromatic carbocycles. The van der Waals surface area contributed by atoms with Gasteiger partial charge in [-0.15, -0.1) is 11.3 Å². The molecule has 0 bridgehead atoms. The highest BCUT2D eigenvalue weighted by Gasteiger charge is 2.27. The molecule has 2 fully saturated rings. The molecule has 2 unspecified atom stereocenters. The van der Waals surface area contributed by atoms with Gasteiger partial charge in [-0.3, -0.25) is 4.79 Å². The third kappa shape index (κ3) is 3.29. The zero-order valence-electron chi connectivity index (χ0n) is 12.9. The second-order valence-corrected chi connectivity index (χ2v) is 7.53. The van der Waals surface area contributed by atoms with Crippen molar-refractivity contribution in [3.05, 3.63) is 15.6 Å². The molecule has 0 radical (unpaired) electrons. The van der Waals surface area contributed by atoms with Gasteiger partial charge < -0.3 is 10.6 Å². The van der Waals surface area contributed by atoms with Crippen molar-refractivity contribution < 1.29 is 4.79 Å². The second kappa shape index (κ2) is 6.44. The first-order chi connectivity index (χ1) is 10.1. The molecule has 2 heterocycles. The number of nitrogens with zero attached hydrogens (tertiary/aromatic N) is 1. The quantitative estimate of drug-likeness (QED) is 0.903. The first-order valence-corrected chi connectivity index (χ1v) is 8.95. The fraction of sp³-hybridized carbons (Fsp3) is 0.750. The van der Waals surface area contributed by atoms with Crippen LogP contribution < -0.4 is 10.6 Å². The third-order valence-corrected chi connectivity index (χ3v) is 6.14. The van der Waals surface area contributed by atoms with Gasteiger partial charge in [0.15, 0.2) is 0 Å². The first-order valence-electron chi connectivity index (χ1n) is 8.14. The van der Waals surface area contributed by atoms with E-state index in [1.807, 2.05) is 6.92 Å². The molecule has 4 nitrogen and oxygen atoms in total. The molecule has 2 N–H and O–H groups in total. The van der Waals surface area contributed by atoms with Gasteiger partial charge in [0, 0.05) is 12.0 Å². The summed E-state index contributed by atoms with van der Waals surface area (Å²) in [6, 6.07) is 0.287. The van der Waals surface area contributed by atoms with Gasteiger partial charge in [0.1, 0.15) is 4.88 Å². The predicted molar refractivity (Wildman–Crippen MR) is 86.0 cm³/mol. The van der Waals surface area contributed by atoms with Crippen molar-refractivity contribution in [1.82, 2.24) is 15.6 Å². The molecule has 1 saturated heterocycles. The zero-order chi connectivity index (χ0) is 14.8. The number of amides is 1. The van der Waals surface area contributed by atoms with Gasteiger partial charge in [-0.25, -0.2) is 4.98 Å². The fourth-order valence-corrected chi connectivity index (χ4v) is 4.58. The Morgan fingerprint density at radius 1 is 1.33 bits per heavy atom. The summed E-state index contributed by atoms with van der Waals surface area (Å²) in [6.45, 7) is 6.14. The van der Waals surface area contributed by atoms with Gasteiger partial charge in [0.05, 0.1) is 10.7 Å². The molecular weight excluding hydrogens is 282 g/mol. The minimum Gasteiger partial charge on any atom is -0.348 e. The highest BCUT2D eigenvalue weighted by atomic mass is 32.1. The number of thiazole rings is 1. The molecule has 2 atom stereocenters. The van der Waals surface area contributed by atoms with Crippen LogP contribution in [-0.4, -0.2) is 30.0 Å². The van der Waals surface area contributed by atoms with Crippen LogP contribution in [-0.2, 0) is 0 Å². The number of carbonyl (C=O) groups excluding carboxylic acids is 1. The Morgan fingerprint density at radius 2 is 2.10 bits per heavy atom. The largest absolute Gasteiger partial charge is 0.348 e. The van der Waals surface area contributed by atoms with E-state index >= 15 is 0 Å². The highest BCUT2D eigenvalue weighted by Crippen LogP contribution is 2.37. The summed E-state index contributed by atoms with van der Waals surface area (Å²) in [5, 5.41) is 7.76. The van der Waals surface area contributed by atoms with E-state index in [9.17, 15) is 4.79 Å². The van der Waals surface area contributed by atoms with E-state index in [-0.39, 0.29) is 11.9 Å². The van der Waals surface area contributed by atoms with Crippen LogP contribution in [0.25, 0.3) is 0 Å². The van der Waals surface area contributed by atoms with Gasteiger partial charge >= 0.3 is 0 Å². The normalized spacial score (nSPS) is 27.0. The summed E-state index contributed by atoms with van der Waals surface area (Å²) in [5.74, 6) is 1.16. The van der Waals surface area contributed by atoms with Crippen LogP contribution in [0.4, 0.5) is 0 Å². The molecule has 0 spiro atoms. The summed E-state index contributed by atoms with van der Waals surface area (Å²) in [5.41, 5.74) is 0.904. The summed E-state index contributed by atoms with van der Waals surface area (Å²) in [7, 11) is 0. The number of carbonyl (C=O) groups is 1. The fourth-order valence-electron chi connectivity index (χ4n) is 3.44. The van der Waals surface area contributed by atoms with E-state index in [0.29, 0.717) is 11.8 Å². The average Bonchev–Trinajstić information content (AvgIpc) is 3.10. The summed E-state index contributed by atoms with van der Waals surface area (Å²) < 4.78 is 0. The van der Waals surface area contributed by atoms with Gasteiger partial charge in [0.2, 0.25) is 0 Å². The van der Waals surface area contributed by atoms with Crippen LogP contribution in [0.2, 0.25) is 0 Å². The Hall–Kier alpha value is -0.940. The van der Waals surface area contributed by atoms with Crippen molar-refractivity contribution >= 4 is 17.2 Å². The SMILES string of the molecule is Cc1nc(C2CCCC2)sc1C(=O)NC1CCNCC1C. The molecule has 1 aliphatic carbocycles. The lowest BCUT2D eigenvalue weighted by atomic mass is 9.95. The van der Waals surface area contributed by atoms with Crippen molar-refractivity contribution in [2.75, 3.05) is 13.1 Å². The second-order valence-electron chi connectivity index (χ2n) is 6.50. The van der Waals surface area contributed by atoms with Crippen molar-refractivity contribution in [2.45, 2.75) is 57.9 Å². The van der Waals surface area contributed by atoms with Crippen LogP contribution in [0.5, 0.6) is 0 Å². The van der Waals surface area contributed by atoms with E-state index in [2.05, 4.69) is 22.5 Å². The van der Waals surface area contributed by atoms with E-state index in [0.717, 1.165) is 30.1 Å². The van der Waals surface area contributed by atoms with Crippen molar-refractivity contribution in [1.29, 1.82) is 0 Å². The maximum absolute atomic E-state index is 12.5. The molecular formula is C16H25N3OS. The maximum Gasteiger partial charge on any atom is 0.263 e. The Bertz CT molecular complexity index is 508. The Morgan fingerprint density at radius 3 is 2.81 bits per heavy atom. The Labute approximate surface area is 130 Å². The van der Waals surface area contributed by atoms with Crippen molar-refractivity contribution in [3.8, 4) is 0 Å². The van der Waals surface area contributed by atoms with Gasteiger partial charge in [0.25, 0.3) is 5.91 Å². The lowest BCUT2D eigenvalue weighted by Gasteiger charge is -2.30. The lowest BCUT2D eigenvalue weighted by Crippen LogP contribution is -2.48. The van der Waals surface area contributed by atoms with E-state index in [4.69, 9.17) is 0 Å². The molecule has 5 heteroatoms. The summed E-state index contributed by atoms with van der Waals surface area (Å²) in [4.78, 5) is 18.0. The van der Waals surface area contributed by atoms with Crippen LogP contribution in [0, 0.1) is 12.8 Å². The van der Waals surface area contributed by atoms with Crippen molar-refractivity contribution in [3.63, 3.8) is 0 Å². The van der Waals surface area contributed by atoms with Gasteiger partial charge in [-0.2, -0.15) is 0 Å². The number of aryl methyl sites for hydroxylation is 1. The standard InChI is InChI=1S/C16H25N3OS/c1-10-9-17-8-7-13(10)19-15(20)14-11(2)18-16(21-14)12-5-3-4-6-12/h10,12-13,17H,3-9H2,1-2H3,(H,19,20). The number of piperidine rings is 1. The number of hydrogen-bond donors (Lipinski definition) is 2. The number of aromatic nitrogens is 1. The average molecular weight is 307 g/mol. The Balaban J connectivity index is 1.69. The van der Waals surface area contributed by atoms with Crippen LogP contribution in [0.15, 0.2) is 0 Å². The predicted octanol–water partition coefficient (Wildman–Crippen LogP) is 2.84. The lowest BCUT2D eigenvalue weighted by molar-refractivity contribution is 0.0917.